The van der Waals surface area contributed by atoms with Crippen molar-refractivity contribution >= 4 is 5.84 Å². The summed E-state index contributed by atoms with van der Waals surface area (Å²) in [7, 11) is 0. The van der Waals surface area contributed by atoms with Crippen LogP contribution >= 0.6 is 0 Å². The van der Waals surface area contributed by atoms with Crippen molar-refractivity contribution in [1.82, 2.24) is 4.98 Å². The molecule has 110 valence electrons. The van der Waals surface area contributed by atoms with E-state index in [1.54, 1.807) is 24.3 Å². The van der Waals surface area contributed by atoms with Crippen LogP contribution in [-0.4, -0.2) is 10.8 Å². The Labute approximate surface area is 124 Å². The second-order valence-electron chi connectivity index (χ2n) is 4.67. The summed E-state index contributed by atoms with van der Waals surface area (Å²) >= 11 is 0. The number of nitrogens with one attached hydrogen (secondary N) is 1. The Hall–Kier alpha value is -3.02. The topological polar surface area (TPSA) is 75.9 Å². The molecule has 0 unspecified atom stereocenters. The normalized spacial score (nSPS) is 10.6. The second-order valence-corrected chi connectivity index (χ2v) is 4.67. The SMILES string of the molecule is N=C(N)c1ccc(-c2ccc(-c3cc(F)cc(F)c3)o2)nc1. The van der Waals surface area contributed by atoms with Gasteiger partial charge in [-0.05, 0) is 36.4 Å². The van der Waals surface area contributed by atoms with Crippen LogP contribution in [0.4, 0.5) is 8.78 Å². The lowest BCUT2D eigenvalue weighted by Crippen LogP contribution is -2.11. The predicted octanol–water partition coefficient (Wildman–Crippen LogP) is 3.57. The molecule has 0 aliphatic carbocycles. The van der Waals surface area contributed by atoms with Crippen molar-refractivity contribution in [2.75, 3.05) is 0 Å². The maximum Gasteiger partial charge on any atom is 0.153 e. The van der Waals surface area contributed by atoms with Crippen LogP contribution in [0, 0.1) is 17.0 Å². The van der Waals surface area contributed by atoms with E-state index >= 15 is 0 Å². The molecule has 2 heterocycles. The van der Waals surface area contributed by atoms with E-state index in [1.165, 1.54) is 18.3 Å². The molecule has 6 heteroatoms. The molecule has 0 aliphatic rings. The zero-order valence-corrected chi connectivity index (χ0v) is 11.3. The molecule has 0 radical (unpaired) electrons. The van der Waals surface area contributed by atoms with Gasteiger partial charge in [-0.15, -0.1) is 0 Å². The Kier molecular flexibility index (Phi) is 3.42. The van der Waals surface area contributed by atoms with Crippen LogP contribution in [0.2, 0.25) is 0 Å². The molecule has 0 fully saturated rings. The fraction of sp³-hybridized carbons (Fsp3) is 0. The van der Waals surface area contributed by atoms with Gasteiger partial charge >= 0.3 is 0 Å². The van der Waals surface area contributed by atoms with Gasteiger partial charge in [-0.3, -0.25) is 10.4 Å². The number of amidine groups is 1. The first kappa shape index (κ1) is 13.9. The molecule has 0 amide bonds. The smallest absolute Gasteiger partial charge is 0.153 e. The van der Waals surface area contributed by atoms with Crippen LogP contribution in [0.1, 0.15) is 5.56 Å². The molecule has 0 aliphatic heterocycles. The molecule has 1 aromatic carbocycles. The fourth-order valence-electron chi connectivity index (χ4n) is 2.03. The monoisotopic (exact) mass is 299 g/mol. The van der Waals surface area contributed by atoms with E-state index in [0.717, 1.165) is 6.07 Å². The zero-order chi connectivity index (χ0) is 15.7. The number of hydrogen-bond acceptors (Lipinski definition) is 3. The fourth-order valence-corrected chi connectivity index (χ4v) is 2.03. The number of rotatable bonds is 3. The molecule has 0 atom stereocenters. The summed E-state index contributed by atoms with van der Waals surface area (Å²) in [4.78, 5) is 4.15. The number of aromatic nitrogens is 1. The van der Waals surface area contributed by atoms with Crippen molar-refractivity contribution in [3.8, 4) is 22.8 Å². The van der Waals surface area contributed by atoms with Crippen LogP contribution < -0.4 is 5.73 Å². The number of hydrogen-bond donors (Lipinski definition) is 2. The maximum atomic E-state index is 13.2. The van der Waals surface area contributed by atoms with Gasteiger partial charge in [-0.1, -0.05) is 0 Å². The minimum absolute atomic E-state index is 0.0746. The van der Waals surface area contributed by atoms with E-state index in [9.17, 15) is 8.78 Å². The summed E-state index contributed by atoms with van der Waals surface area (Å²) in [6.07, 6.45) is 1.46. The molecule has 22 heavy (non-hydrogen) atoms. The number of nitrogen functional groups attached to an aromatic ring is 1. The average Bonchev–Trinajstić information content (AvgIpc) is 2.96. The highest BCUT2D eigenvalue weighted by molar-refractivity contribution is 5.94. The molecule has 2 aromatic heterocycles. The Morgan fingerprint density at radius 2 is 1.68 bits per heavy atom. The van der Waals surface area contributed by atoms with Gasteiger partial charge in [0.2, 0.25) is 0 Å². The van der Waals surface area contributed by atoms with Crippen molar-refractivity contribution in [3.05, 3.63) is 65.9 Å². The molecule has 3 aromatic rings. The third-order valence-corrected chi connectivity index (χ3v) is 3.08. The quantitative estimate of drug-likeness (QED) is 0.573. The number of furan rings is 1. The minimum atomic E-state index is -0.670. The van der Waals surface area contributed by atoms with E-state index in [2.05, 4.69) is 4.98 Å². The maximum absolute atomic E-state index is 13.2. The summed E-state index contributed by atoms with van der Waals surface area (Å²) in [5.41, 5.74) is 6.71. The highest BCUT2D eigenvalue weighted by Gasteiger charge is 2.10. The van der Waals surface area contributed by atoms with E-state index in [1.807, 2.05) is 0 Å². The first-order valence-corrected chi connectivity index (χ1v) is 6.40. The predicted molar refractivity (Wildman–Crippen MR) is 78.3 cm³/mol. The summed E-state index contributed by atoms with van der Waals surface area (Å²) in [5.74, 6) is -0.621. The third-order valence-electron chi connectivity index (χ3n) is 3.08. The Morgan fingerprint density at radius 1 is 1.00 bits per heavy atom. The summed E-state index contributed by atoms with van der Waals surface area (Å²) in [5, 5.41) is 7.31. The van der Waals surface area contributed by atoms with Crippen LogP contribution in [0.15, 0.2) is 53.1 Å². The Bertz CT molecular complexity index is 821. The molecule has 0 saturated heterocycles. The third kappa shape index (κ3) is 2.71. The lowest BCUT2D eigenvalue weighted by Gasteiger charge is -2.00. The minimum Gasteiger partial charge on any atom is -0.454 e. The van der Waals surface area contributed by atoms with Gasteiger partial charge in [-0.25, -0.2) is 8.78 Å². The molecular weight excluding hydrogens is 288 g/mol. The Morgan fingerprint density at radius 3 is 2.27 bits per heavy atom. The zero-order valence-electron chi connectivity index (χ0n) is 11.3. The number of nitrogens with zero attached hydrogens (tertiary/aromatic N) is 1. The summed E-state index contributed by atoms with van der Waals surface area (Å²) in [6, 6.07) is 9.77. The van der Waals surface area contributed by atoms with Gasteiger partial charge in [0.25, 0.3) is 0 Å². The standard InChI is InChI=1S/C16H11F2N3O/c17-11-5-10(6-12(18)7-11)14-3-4-15(22-14)13-2-1-9(8-21-13)16(19)20/h1-8H,(H3,19,20). The van der Waals surface area contributed by atoms with E-state index in [-0.39, 0.29) is 5.84 Å². The molecule has 4 nitrogen and oxygen atoms in total. The first-order valence-electron chi connectivity index (χ1n) is 6.40. The highest BCUT2D eigenvalue weighted by atomic mass is 19.1. The highest BCUT2D eigenvalue weighted by Crippen LogP contribution is 2.28. The lowest BCUT2D eigenvalue weighted by molar-refractivity contribution is 0.574. The number of benzene rings is 1. The number of nitrogens with two attached hydrogens (primary N) is 1. The van der Waals surface area contributed by atoms with Crippen molar-refractivity contribution in [1.29, 1.82) is 5.41 Å². The van der Waals surface area contributed by atoms with Gasteiger partial charge < -0.3 is 10.2 Å². The number of pyridine rings is 1. The lowest BCUT2D eigenvalue weighted by atomic mass is 10.1. The van der Waals surface area contributed by atoms with Gasteiger partial charge in [0.15, 0.2) is 5.76 Å². The van der Waals surface area contributed by atoms with Gasteiger partial charge in [0.1, 0.15) is 28.9 Å². The van der Waals surface area contributed by atoms with E-state index < -0.39 is 11.6 Å². The van der Waals surface area contributed by atoms with Gasteiger partial charge in [-0.2, -0.15) is 0 Å². The van der Waals surface area contributed by atoms with Crippen LogP contribution in [0.5, 0.6) is 0 Å². The molecular formula is C16H11F2N3O. The van der Waals surface area contributed by atoms with E-state index in [0.29, 0.717) is 28.3 Å². The van der Waals surface area contributed by atoms with Crippen molar-refractivity contribution in [2.45, 2.75) is 0 Å². The molecule has 0 saturated carbocycles. The second kappa shape index (κ2) is 5.40. The molecule has 0 spiro atoms. The van der Waals surface area contributed by atoms with Gasteiger partial charge in [0.05, 0.1) is 0 Å². The van der Waals surface area contributed by atoms with Crippen molar-refractivity contribution in [2.24, 2.45) is 5.73 Å². The average molecular weight is 299 g/mol. The van der Waals surface area contributed by atoms with Gasteiger partial charge in [0, 0.05) is 23.4 Å². The molecule has 3 rings (SSSR count). The summed E-state index contributed by atoms with van der Waals surface area (Å²) < 4.78 is 32.1. The summed E-state index contributed by atoms with van der Waals surface area (Å²) in [6.45, 7) is 0. The van der Waals surface area contributed by atoms with Crippen LogP contribution in [-0.2, 0) is 0 Å². The number of halogens is 2. The largest absolute Gasteiger partial charge is 0.454 e. The van der Waals surface area contributed by atoms with Crippen LogP contribution in [0.3, 0.4) is 0 Å². The van der Waals surface area contributed by atoms with Crippen LogP contribution in [0.25, 0.3) is 22.8 Å². The van der Waals surface area contributed by atoms with Crippen molar-refractivity contribution < 1.29 is 13.2 Å². The Balaban J connectivity index is 1.94. The molecule has 0 bridgehead atoms. The van der Waals surface area contributed by atoms with E-state index in [4.69, 9.17) is 15.6 Å². The van der Waals surface area contributed by atoms with Crippen molar-refractivity contribution in [3.63, 3.8) is 0 Å². The molecule has 3 N–H and O–H groups in total. The first-order chi connectivity index (χ1) is 10.5.